The van der Waals surface area contributed by atoms with Gasteiger partial charge in [-0.05, 0) is 13.8 Å². The van der Waals surface area contributed by atoms with Crippen LogP contribution in [-0.2, 0) is 37.3 Å². The minimum absolute atomic E-state index is 0.0500. The number of methoxy groups -OCH3 is 1. The third kappa shape index (κ3) is 7.27. The van der Waals surface area contributed by atoms with Crippen molar-refractivity contribution < 1.29 is 52.3 Å². The van der Waals surface area contributed by atoms with Crippen LogP contribution in [0.1, 0.15) is 32.7 Å². The molecule has 0 saturated carbocycles. The van der Waals surface area contributed by atoms with E-state index in [1.807, 2.05) is 0 Å². The van der Waals surface area contributed by atoms with E-state index in [1.54, 1.807) is 13.8 Å². The van der Waals surface area contributed by atoms with Crippen molar-refractivity contribution in [3.63, 3.8) is 0 Å². The van der Waals surface area contributed by atoms with Gasteiger partial charge in [0.2, 0.25) is 0 Å². The monoisotopic (exact) mass is 689 g/mol. The molecule has 252 valence electrons. The van der Waals surface area contributed by atoms with E-state index in [1.165, 1.54) is 24.3 Å². The van der Waals surface area contributed by atoms with Gasteiger partial charge in [0.1, 0.15) is 42.5 Å². The van der Waals surface area contributed by atoms with Crippen molar-refractivity contribution >= 4 is 41.3 Å². The molecular weight excluding hydrogens is 657 g/mol. The van der Waals surface area contributed by atoms with Crippen LogP contribution >= 0.6 is 18.2 Å². The topological polar surface area (TPSA) is 264 Å². The molecule has 0 amide bonds. The third-order valence-corrected chi connectivity index (χ3v) is 10.1. The summed E-state index contributed by atoms with van der Waals surface area (Å²) in [6.07, 6.45) is -6.59. The van der Waals surface area contributed by atoms with Crippen LogP contribution in [0, 0.1) is 0 Å². The van der Waals surface area contributed by atoms with E-state index in [-0.39, 0.29) is 12.2 Å². The van der Waals surface area contributed by atoms with E-state index in [0.717, 1.165) is 16.8 Å². The fourth-order valence-corrected chi connectivity index (χ4v) is 7.70. The molecule has 0 bridgehead atoms. The summed E-state index contributed by atoms with van der Waals surface area (Å²) in [5.41, 5.74) is 5.00. The van der Waals surface area contributed by atoms with Gasteiger partial charge in [-0.2, -0.15) is 0 Å². The number of nitrogen functional groups attached to an aromatic ring is 1. The second-order valence-electron chi connectivity index (χ2n) is 10.2. The first-order valence-corrected chi connectivity index (χ1v) is 16.9. The standard InChI is InChI=1S/C24H32N7O13PS/c1-11(2)40-24(36)39-10-46-45(37,43-17-13(7-32)41-21(18(17)38-3)30-5-4-14(34)29-23(30)35)44-22-12(33)6-15(42-22)31-9-28-16-19(25)26-8-27-20(16)31/h4-5,8-9,11-13,15,17-18,21-22,32-33H,6-7,10H2,1-3H3,(H2,25,26,27)(H,29,34,35)/t12?,13-,15-,17?,18?,21-,22-,45?/m1/s1. The molecule has 2 aliphatic heterocycles. The highest BCUT2D eigenvalue weighted by atomic mass is 32.7. The number of imidazole rings is 1. The van der Waals surface area contributed by atoms with Gasteiger partial charge in [0.15, 0.2) is 29.9 Å². The van der Waals surface area contributed by atoms with Crippen molar-refractivity contribution in [3.8, 4) is 0 Å². The summed E-state index contributed by atoms with van der Waals surface area (Å²) in [5.74, 6) is -0.456. The summed E-state index contributed by atoms with van der Waals surface area (Å²) in [7, 11) is 1.26. The predicted molar refractivity (Wildman–Crippen MR) is 156 cm³/mol. The molecule has 2 aliphatic rings. The first-order chi connectivity index (χ1) is 21.9. The Labute approximate surface area is 263 Å². The zero-order valence-corrected chi connectivity index (χ0v) is 26.3. The second-order valence-corrected chi connectivity index (χ2v) is 14.2. The Hall–Kier alpha value is -3.40. The SMILES string of the molecule is COC1C(OP(=O)(O[C@H]2O[C@@H](n3cnc4c(N)ncnc43)CC2O)SCOC(=O)OC(C)C)[C@@H](CO)O[C@H]1n1ccc(=O)[nH]c1=O. The van der Waals surface area contributed by atoms with E-state index in [4.69, 9.17) is 38.5 Å². The number of H-pyrrole nitrogens is 1. The first-order valence-electron chi connectivity index (χ1n) is 13.7. The van der Waals surface area contributed by atoms with E-state index >= 15 is 0 Å². The van der Waals surface area contributed by atoms with E-state index in [9.17, 15) is 29.2 Å². The fraction of sp³-hybridized carbons (Fsp3) is 0.583. The molecule has 8 atom stereocenters. The number of nitrogens with zero attached hydrogens (tertiary/aromatic N) is 5. The van der Waals surface area contributed by atoms with E-state index in [2.05, 4.69) is 19.9 Å². The number of nitrogens with two attached hydrogens (primary N) is 1. The molecule has 2 fully saturated rings. The molecule has 0 aliphatic carbocycles. The summed E-state index contributed by atoms with van der Waals surface area (Å²) in [5, 5.41) is 21.0. The van der Waals surface area contributed by atoms with Gasteiger partial charge in [-0.1, -0.05) is 0 Å². The summed E-state index contributed by atoms with van der Waals surface area (Å²) >= 11 is 0.417. The molecule has 3 aromatic rings. The largest absolute Gasteiger partial charge is 0.509 e. The van der Waals surface area contributed by atoms with Gasteiger partial charge < -0.3 is 39.6 Å². The Balaban J connectivity index is 1.39. The number of hydrogen-bond acceptors (Lipinski definition) is 18. The van der Waals surface area contributed by atoms with Gasteiger partial charge in [0.25, 0.3) is 5.56 Å². The lowest BCUT2D eigenvalue weighted by Gasteiger charge is -2.28. The highest BCUT2D eigenvalue weighted by Crippen LogP contribution is 2.64. The molecule has 20 nitrogen and oxygen atoms in total. The molecule has 5 rings (SSSR count). The number of carbonyl (C=O) groups is 1. The molecule has 4 unspecified atom stereocenters. The maximum atomic E-state index is 14.3. The van der Waals surface area contributed by atoms with E-state index in [0.29, 0.717) is 22.5 Å². The quantitative estimate of drug-likeness (QED) is 0.113. The van der Waals surface area contributed by atoms with Crippen LogP contribution in [0.15, 0.2) is 34.5 Å². The zero-order chi connectivity index (χ0) is 33.2. The molecule has 0 aromatic carbocycles. The van der Waals surface area contributed by atoms with Gasteiger partial charge in [0.05, 0.1) is 19.0 Å². The van der Waals surface area contributed by atoms with Gasteiger partial charge >= 0.3 is 18.6 Å². The molecular formula is C24H32N7O13PS. The number of fused-ring (bicyclic) bond motifs is 1. The van der Waals surface area contributed by atoms with Gasteiger partial charge in [-0.3, -0.25) is 28.0 Å². The average molecular weight is 690 g/mol. The van der Waals surface area contributed by atoms with Crippen LogP contribution in [0.25, 0.3) is 11.2 Å². The van der Waals surface area contributed by atoms with E-state index < -0.39 is 86.0 Å². The number of anilines is 1. The predicted octanol–water partition coefficient (Wildman–Crippen LogP) is 0.232. The first kappa shape index (κ1) is 33.9. The maximum Gasteiger partial charge on any atom is 0.509 e. The molecule has 2 saturated heterocycles. The number of rotatable bonds is 12. The second kappa shape index (κ2) is 14.2. The average Bonchev–Trinajstić information content (AvgIpc) is 3.68. The molecule has 22 heteroatoms. The summed E-state index contributed by atoms with van der Waals surface area (Å²) < 4.78 is 55.7. The number of hydrogen-bond donors (Lipinski definition) is 4. The van der Waals surface area contributed by atoms with Crippen molar-refractivity contribution in [1.82, 2.24) is 29.1 Å². The normalized spacial score (nSPS) is 27.7. The number of ether oxygens (including phenoxy) is 5. The molecule has 0 radical (unpaired) electrons. The zero-order valence-electron chi connectivity index (χ0n) is 24.6. The Morgan fingerprint density at radius 3 is 2.70 bits per heavy atom. The van der Waals surface area contributed by atoms with Crippen LogP contribution in [0.5, 0.6) is 0 Å². The number of nitrogens with one attached hydrogen (secondary N) is 1. The van der Waals surface area contributed by atoms with Crippen LogP contribution < -0.4 is 17.0 Å². The van der Waals surface area contributed by atoms with Gasteiger partial charge in [0, 0.05) is 37.2 Å². The lowest BCUT2D eigenvalue weighted by Crippen LogP contribution is -2.40. The summed E-state index contributed by atoms with van der Waals surface area (Å²) in [6, 6.07) is 1.08. The minimum Gasteiger partial charge on any atom is -0.432 e. The summed E-state index contributed by atoms with van der Waals surface area (Å²) in [4.78, 5) is 50.4. The van der Waals surface area contributed by atoms with Crippen molar-refractivity contribution in [2.45, 2.75) is 69.5 Å². The molecule has 5 N–H and O–H groups in total. The van der Waals surface area contributed by atoms with Crippen molar-refractivity contribution in [2.75, 3.05) is 25.4 Å². The van der Waals surface area contributed by atoms with Crippen molar-refractivity contribution in [2.24, 2.45) is 0 Å². The third-order valence-electron chi connectivity index (χ3n) is 6.81. The number of aliphatic hydroxyl groups is 2. The maximum absolute atomic E-state index is 14.3. The number of aromatic amines is 1. The van der Waals surface area contributed by atoms with Crippen molar-refractivity contribution in [1.29, 1.82) is 0 Å². The van der Waals surface area contributed by atoms with Gasteiger partial charge in [-0.15, -0.1) is 0 Å². The Morgan fingerprint density at radius 1 is 1.22 bits per heavy atom. The number of aromatic nitrogens is 6. The lowest BCUT2D eigenvalue weighted by molar-refractivity contribution is -0.131. The fourth-order valence-electron chi connectivity index (χ4n) is 4.79. The highest BCUT2D eigenvalue weighted by Gasteiger charge is 2.52. The van der Waals surface area contributed by atoms with Crippen LogP contribution in [0.4, 0.5) is 10.6 Å². The Kier molecular flexibility index (Phi) is 10.4. The molecule has 5 heterocycles. The van der Waals surface area contributed by atoms with Crippen LogP contribution in [-0.4, -0.2) is 102 Å². The Bertz CT molecular complexity index is 1700. The summed E-state index contributed by atoms with van der Waals surface area (Å²) in [6.45, 7) is -2.00. The molecule has 0 spiro atoms. The van der Waals surface area contributed by atoms with Crippen LogP contribution in [0.2, 0.25) is 0 Å². The van der Waals surface area contributed by atoms with Crippen LogP contribution in [0.3, 0.4) is 0 Å². The Morgan fingerprint density at radius 2 is 2.00 bits per heavy atom. The molecule has 46 heavy (non-hydrogen) atoms. The van der Waals surface area contributed by atoms with Crippen molar-refractivity contribution in [3.05, 3.63) is 45.8 Å². The minimum atomic E-state index is -4.53. The number of aliphatic hydroxyl groups excluding tert-OH is 2. The van der Waals surface area contributed by atoms with Gasteiger partial charge in [-0.25, -0.2) is 29.1 Å². The highest BCUT2D eigenvalue weighted by molar-refractivity contribution is 8.55. The number of carbonyl (C=O) groups excluding carboxylic acids is 1. The smallest absolute Gasteiger partial charge is 0.432 e. The lowest BCUT2D eigenvalue weighted by atomic mass is 10.1. The molecule has 3 aromatic heterocycles.